The first-order valence-electron chi connectivity index (χ1n) is 5.73. The van der Waals surface area contributed by atoms with Crippen LogP contribution in [-0.4, -0.2) is 46.0 Å². The minimum Gasteiger partial charge on any atom is -0.476 e. The molecule has 0 aliphatic carbocycles. The molecule has 100 valence electrons. The maximum Gasteiger partial charge on any atom is 0.355 e. The molecular formula is C11H17N3O3S. The van der Waals surface area contributed by atoms with Gasteiger partial charge in [-0.3, -0.25) is 4.79 Å². The van der Waals surface area contributed by atoms with Crippen molar-refractivity contribution < 1.29 is 14.7 Å². The molecule has 2 N–H and O–H groups in total. The van der Waals surface area contributed by atoms with Gasteiger partial charge in [0.2, 0.25) is 5.91 Å². The van der Waals surface area contributed by atoms with Crippen molar-refractivity contribution in [2.45, 2.75) is 26.8 Å². The van der Waals surface area contributed by atoms with Gasteiger partial charge in [-0.05, 0) is 20.8 Å². The summed E-state index contributed by atoms with van der Waals surface area (Å²) >= 11 is 1.18. The molecule has 1 heterocycles. The molecule has 0 spiro atoms. The summed E-state index contributed by atoms with van der Waals surface area (Å²) in [5, 5.41) is 13.6. The molecule has 0 radical (unpaired) electrons. The molecule has 7 heteroatoms. The fourth-order valence-corrected chi connectivity index (χ4v) is 2.27. The van der Waals surface area contributed by atoms with E-state index in [1.165, 1.54) is 16.7 Å². The number of aromatic carboxylic acids is 1. The van der Waals surface area contributed by atoms with E-state index in [1.807, 2.05) is 13.8 Å². The molecule has 0 bridgehead atoms. The third-order valence-electron chi connectivity index (χ3n) is 2.51. The van der Waals surface area contributed by atoms with Crippen molar-refractivity contribution in [1.29, 1.82) is 0 Å². The first-order valence-corrected chi connectivity index (χ1v) is 6.61. The van der Waals surface area contributed by atoms with E-state index < -0.39 is 12.0 Å². The lowest BCUT2D eigenvalue weighted by atomic mass is 10.3. The summed E-state index contributed by atoms with van der Waals surface area (Å²) in [6.45, 7) is 6.88. The predicted octanol–water partition coefficient (Wildman–Crippen LogP) is 1.51. The molecule has 6 nitrogen and oxygen atoms in total. The number of rotatable bonds is 6. The molecule has 0 saturated heterocycles. The number of nitrogens with zero attached hydrogens (tertiary/aromatic N) is 2. The summed E-state index contributed by atoms with van der Waals surface area (Å²) in [6, 6.07) is -0.419. The van der Waals surface area contributed by atoms with Crippen LogP contribution in [0.15, 0.2) is 5.38 Å². The average Bonchev–Trinajstić information content (AvgIpc) is 2.79. The Kier molecular flexibility index (Phi) is 5.08. The summed E-state index contributed by atoms with van der Waals surface area (Å²) in [5.74, 6) is -1.09. The van der Waals surface area contributed by atoms with Gasteiger partial charge in [-0.1, -0.05) is 0 Å². The summed E-state index contributed by atoms with van der Waals surface area (Å²) in [6.07, 6.45) is 0. The first-order chi connectivity index (χ1) is 8.49. The molecule has 0 aliphatic heterocycles. The summed E-state index contributed by atoms with van der Waals surface area (Å²) in [7, 11) is 0. The Morgan fingerprint density at radius 1 is 1.50 bits per heavy atom. The fourth-order valence-electron chi connectivity index (χ4n) is 1.49. The van der Waals surface area contributed by atoms with Gasteiger partial charge in [-0.25, -0.2) is 9.78 Å². The van der Waals surface area contributed by atoms with Gasteiger partial charge in [-0.2, -0.15) is 0 Å². The number of carboxylic acid groups (broad SMARTS) is 1. The molecule has 18 heavy (non-hydrogen) atoms. The minimum absolute atomic E-state index is 0.00927. The highest BCUT2D eigenvalue weighted by atomic mass is 32.1. The Bertz CT molecular complexity index is 429. The van der Waals surface area contributed by atoms with E-state index in [0.717, 1.165) is 0 Å². The van der Waals surface area contributed by atoms with E-state index in [-0.39, 0.29) is 11.6 Å². The van der Waals surface area contributed by atoms with Crippen LogP contribution in [-0.2, 0) is 4.79 Å². The normalized spacial score (nSPS) is 11.9. The molecule has 0 fully saturated rings. The highest BCUT2D eigenvalue weighted by Gasteiger charge is 2.19. The molecule has 1 amide bonds. The summed E-state index contributed by atoms with van der Waals surface area (Å²) in [5.41, 5.74) is -0.00927. The molecule has 1 aromatic heterocycles. The Balaban J connectivity index is 2.65. The van der Waals surface area contributed by atoms with E-state index in [0.29, 0.717) is 18.2 Å². The number of amides is 1. The van der Waals surface area contributed by atoms with E-state index in [2.05, 4.69) is 10.3 Å². The molecule has 0 aromatic carbocycles. The van der Waals surface area contributed by atoms with Crippen molar-refractivity contribution in [3.05, 3.63) is 11.1 Å². The monoisotopic (exact) mass is 271 g/mol. The predicted molar refractivity (Wildman–Crippen MR) is 70.1 cm³/mol. The molecule has 1 unspecified atom stereocenters. The number of carboxylic acids is 1. The maximum atomic E-state index is 12.0. The number of carbonyl (C=O) groups is 2. The topological polar surface area (TPSA) is 82.5 Å². The van der Waals surface area contributed by atoms with Crippen LogP contribution >= 0.6 is 11.3 Å². The Morgan fingerprint density at radius 2 is 2.11 bits per heavy atom. The minimum atomic E-state index is -1.07. The molecule has 1 atom stereocenters. The molecule has 1 rings (SSSR count). The lowest BCUT2D eigenvalue weighted by molar-refractivity contribution is -0.131. The van der Waals surface area contributed by atoms with Crippen molar-refractivity contribution in [3.8, 4) is 0 Å². The molecule has 1 aromatic rings. The first kappa shape index (κ1) is 14.4. The molecule has 0 aliphatic rings. The second kappa shape index (κ2) is 6.34. The van der Waals surface area contributed by atoms with Gasteiger partial charge >= 0.3 is 5.97 Å². The largest absolute Gasteiger partial charge is 0.476 e. The number of carbonyl (C=O) groups excluding carboxylic acids is 1. The van der Waals surface area contributed by atoms with Gasteiger partial charge in [0.05, 0.1) is 0 Å². The van der Waals surface area contributed by atoms with Gasteiger partial charge in [0.25, 0.3) is 0 Å². The zero-order valence-corrected chi connectivity index (χ0v) is 11.5. The zero-order chi connectivity index (χ0) is 13.7. The number of thiazole rings is 1. The quantitative estimate of drug-likeness (QED) is 0.819. The number of hydrogen-bond donors (Lipinski definition) is 2. The smallest absolute Gasteiger partial charge is 0.355 e. The Hall–Kier alpha value is -1.63. The van der Waals surface area contributed by atoms with Crippen LogP contribution < -0.4 is 5.32 Å². The number of hydrogen-bond acceptors (Lipinski definition) is 5. The van der Waals surface area contributed by atoms with E-state index in [4.69, 9.17) is 5.11 Å². The van der Waals surface area contributed by atoms with Crippen LogP contribution in [0.4, 0.5) is 5.13 Å². The van der Waals surface area contributed by atoms with Crippen molar-refractivity contribution >= 4 is 28.3 Å². The van der Waals surface area contributed by atoms with Crippen LogP contribution in [0.2, 0.25) is 0 Å². The standard InChI is InChI=1S/C11H17N3O3S/c1-4-14(5-2)9(15)7(3)12-11-13-8(6-18-11)10(16)17/h6-7H,4-5H2,1-3H3,(H,12,13)(H,16,17). The molecular weight excluding hydrogens is 254 g/mol. The van der Waals surface area contributed by atoms with E-state index >= 15 is 0 Å². The zero-order valence-electron chi connectivity index (χ0n) is 10.6. The van der Waals surface area contributed by atoms with E-state index in [9.17, 15) is 9.59 Å². The van der Waals surface area contributed by atoms with Gasteiger partial charge in [0.15, 0.2) is 10.8 Å². The highest BCUT2D eigenvalue weighted by molar-refractivity contribution is 7.13. The maximum absolute atomic E-state index is 12.0. The Morgan fingerprint density at radius 3 is 2.56 bits per heavy atom. The van der Waals surface area contributed by atoms with Crippen molar-refractivity contribution in [2.75, 3.05) is 18.4 Å². The van der Waals surface area contributed by atoms with Crippen LogP contribution in [0.25, 0.3) is 0 Å². The van der Waals surface area contributed by atoms with Crippen molar-refractivity contribution in [3.63, 3.8) is 0 Å². The van der Waals surface area contributed by atoms with Crippen LogP contribution in [0.5, 0.6) is 0 Å². The van der Waals surface area contributed by atoms with Crippen molar-refractivity contribution in [1.82, 2.24) is 9.88 Å². The van der Waals surface area contributed by atoms with Crippen molar-refractivity contribution in [2.24, 2.45) is 0 Å². The second-order valence-corrected chi connectivity index (χ2v) is 4.58. The van der Waals surface area contributed by atoms with Crippen LogP contribution in [0.1, 0.15) is 31.3 Å². The van der Waals surface area contributed by atoms with Gasteiger partial charge in [0.1, 0.15) is 6.04 Å². The number of likely N-dealkylation sites (N-methyl/N-ethyl adjacent to an activating group) is 1. The Labute approximate surface area is 110 Å². The fraction of sp³-hybridized carbons (Fsp3) is 0.545. The third-order valence-corrected chi connectivity index (χ3v) is 3.28. The molecule has 0 saturated carbocycles. The van der Waals surface area contributed by atoms with Gasteiger partial charge in [-0.15, -0.1) is 11.3 Å². The van der Waals surface area contributed by atoms with Crippen LogP contribution in [0.3, 0.4) is 0 Å². The average molecular weight is 271 g/mol. The number of aromatic nitrogens is 1. The third kappa shape index (κ3) is 3.43. The van der Waals surface area contributed by atoms with E-state index in [1.54, 1.807) is 11.8 Å². The summed E-state index contributed by atoms with van der Waals surface area (Å²) in [4.78, 5) is 28.2. The number of anilines is 1. The number of nitrogens with one attached hydrogen (secondary N) is 1. The van der Waals surface area contributed by atoms with Gasteiger partial charge in [0, 0.05) is 18.5 Å². The van der Waals surface area contributed by atoms with Gasteiger partial charge < -0.3 is 15.3 Å². The van der Waals surface area contributed by atoms with Crippen LogP contribution in [0, 0.1) is 0 Å². The summed E-state index contributed by atoms with van der Waals surface area (Å²) < 4.78 is 0. The lowest BCUT2D eigenvalue weighted by Crippen LogP contribution is -2.41. The highest BCUT2D eigenvalue weighted by Crippen LogP contribution is 2.16. The SMILES string of the molecule is CCN(CC)C(=O)C(C)Nc1nc(C(=O)O)cs1. The second-order valence-electron chi connectivity index (χ2n) is 3.72. The lowest BCUT2D eigenvalue weighted by Gasteiger charge is -2.23.